The number of aryl methyl sites for hydroxylation is 1. The molecule has 1 saturated carbocycles. The molecule has 5 aliphatic heterocycles. The molecule has 61 heavy (non-hydrogen) atoms. The molecule has 6 heterocycles. The van der Waals surface area contributed by atoms with Crippen LogP contribution in [0.25, 0.3) is 10.9 Å². The molecule has 1 aliphatic carbocycles. The van der Waals surface area contributed by atoms with Crippen LogP contribution in [0.4, 0.5) is 5.69 Å². The van der Waals surface area contributed by atoms with Crippen molar-refractivity contribution in [2.24, 2.45) is 11.3 Å². The lowest BCUT2D eigenvalue weighted by atomic mass is 9.47. The Bertz CT molecular complexity index is 2340. The van der Waals surface area contributed by atoms with Gasteiger partial charge in [0.15, 0.2) is 6.10 Å². The number of anilines is 1. The summed E-state index contributed by atoms with van der Waals surface area (Å²) < 4.78 is 11.7. The molecule has 2 aromatic carbocycles. The van der Waals surface area contributed by atoms with Gasteiger partial charge in [-0.15, -0.1) is 0 Å². The Morgan fingerprint density at radius 1 is 1.03 bits per heavy atom. The summed E-state index contributed by atoms with van der Waals surface area (Å²) >= 11 is 0. The highest BCUT2D eigenvalue weighted by molar-refractivity contribution is 5.88. The second-order valence-corrected chi connectivity index (χ2v) is 19.1. The van der Waals surface area contributed by atoms with Crippen LogP contribution in [0.5, 0.6) is 0 Å². The first-order chi connectivity index (χ1) is 29.0. The van der Waals surface area contributed by atoms with Crippen LogP contribution in [0, 0.1) is 18.3 Å². The van der Waals surface area contributed by atoms with Gasteiger partial charge in [0.2, 0.25) is 11.5 Å². The summed E-state index contributed by atoms with van der Waals surface area (Å²) in [6.45, 7) is 16.1. The maximum atomic E-state index is 14.4. The molecule has 6 aliphatic rings. The number of para-hydroxylation sites is 1. The number of methoxy groups -OCH3 is 1. The highest BCUT2D eigenvalue weighted by atomic mass is 16.6. The summed E-state index contributed by atoms with van der Waals surface area (Å²) in [5.74, 6) is -1.01. The maximum absolute atomic E-state index is 14.4. The number of nitrogens with zero attached hydrogens (tertiary/aromatic N) is 3. The number of hydrogen-bond donors (Lipinski definition) is 3. The lowest BCUT2D eigenvalue weighted by Crippen LogP contribution is -2.81. The van der Waals surface area contributed by atoms with E-state index in [4.69, 9.17) is 19.1 Å². The monoisotopic (exact) mass is 835 g/mol. The third-order valence-electron chi connectivity index (χ3n) is 15.9. The van der Waals surface area contributed by atoms with E-state index < -0.39 is 45.9 Å². The van der Waals surface area contributed by atoms with E-state index in [1.165, 1.54) is 36.2 Å². The molecule has 3 fully saturated rings. The predicted octanol–water partition coefficient (Wildman–Crippen LogP) is 4.70. The summed E-state index contributed by atoms with van der Waals surface area (Å²) in [7, 11) is 3.29. The van der Waals surface area contributed by atoms with Crippen molar-refractivity contribution in [2.45, 2.75) is 120 Å². The molecule has 1 spiro atoms. The smallest absolute Gasteiger partial charge is 0.373 e. The van der Waals surface area contributed by atoms with Crippen LogP contribution in [-0.2, 0) is 50.7 Å². The molecule has 326 valence electrons. The number of ether oxygens (including phenoxy) is 2. The number of benzene rings is 2. The zero-order valence-electron chi connectivity index (χ0n) is 36.9. The fraction of sp³-hybridized carbons (Fsp3) is 0.583. The minimum Gasteiger partial charge on any atom is -0.467 e. The van der Waals surface area contributed by atoms with Gasteiger partial charge in [-0.25, -0.2) is 4.79 Å². The number of fused-ring (bicyclic) bond motifs is 6. The molecular formula is C48H61N5O8. The summed E-state index contributed by atoms with van der Waals surface area (Å²) in [6, 6.07) is 12.5. The van der Waals surface area contributed by atoms with Crippen molar-refractivity contribution >= 4 is 40.6 Å². The number of piperidine rings is 1. The van der Waals surface area contributed by atoms with Crippen LogP contribution in [0.1, 0.15) is 94.7 Å². The van der Waals surface area contributed by atoms with E-state index in [-0.39, 0.29) is 23.6 Å². The minimum atomic E-state index is -2.17. The summed E-state index contributed by atoms with van der Waals surface area (Å²) in [4.78, 5) is 67.5. The van der Waals surface area contributed by atoms with Crippen LogP contribution in [0.2, 0.25) is 0 Å². The molecule has 13 heteroatoms. The Hall–Kier alpha value is -4.81. The number of likely N-dealkylation sites (N-methyl/N-ethyl adjacent to an activating group) is 1. The number of aromatic nitrogens is 1. The molecule has 10 atom stereocenters. The van der Waals surface area contributed by atoms with Gasteiger partial charge < -0.3 is 34.7 Å². The van der Waals surface area contributed by atoms with Crippen molar-refractivity contribution < 1.29 is 38.6 Å². The van der Waals surface area contributed by atoms with Gasteiger partial charge in [0.05, 0.1) is 18.7 Å². The standard InChI is InChI=1S/C47H61N5O6.CO2/c1-9-44(49-29(4)53)25-31-24-43(6,38-33(16-20-51(26-31)27-44)32-14-11-12-15-36(32)48-38)34-23-35-37(22-28(34)3)50(7)40-46(35)18-21-52-19-13-17-45(10-2,39(46)52)41(58-30(5)54)47(40,56)42(55)57-8;2-1-3/h11-15,17,22-23,31,39-41,48,56H,9-10,16,18-21,24-27H2,1-8H3,(H,49,53);/t31-,39-,40+,41+,43+,44?,45+,46+,47-;/m0./s1. The molecular weight excluding hydrogens is 775 g/mol. The van der Waals surface area contributed by atoms with Gasteiger partial charge in [0.25, 0.3) is 0 Å². The van der Waals surface area contributed by atoms with Crippen molar-refractivity contribution in [3.05, 3.63) is 76.5 Å². The van der Waals surface area contributed by atoms with E-state index in [0.717, 1.165) is 87.2 Å². The number of aliphatic hydroxyl groups is 1. The second-order valence-electron chi connectivity index (χ2n) is 19.1. The van der Waals surface area contributed by atoms with E-state index in [9.17, 15) is 19.5 Å². The topological polar surface area (TPSA) is 162 Å². The molecule has 2 saturated heterocycles. The van der Waals surface area contributed by atoms with Crippen LogP contribution in [0.15, 0.2) is 48.6 Å². The molecule has 2 unspecified atom stereocenters. The first-order valence-corrected chi connectivity index (χ1v) is 21.9. The third-order valence-corrected chi connectivity index (χ3v) is 15.9. The lowest BCUT2D eigenvalue weighted by Gasteiger charge is -2.63. The number of hydrogen-bond acceptors (Lipinski definition) is 11. The van der Waals surface area contributed by atoms with Gasteiger partial charge in [0.1, 0.15) is 0 Å². The van der Waals surface area contributed by atoms with Gasteiger partial charge >= 0.3 is 18.1 Å². The first kappa shape index (κ1) is 42.9. The number of nitrogens with one attached hydrogen (secondary N) is 2. The Morgan fingerprint density at radius 3 is 2.44 bits per heavy atom. The second kappa shape index (κ2) is 15.2. The fourth-order valence-corrected chi connectivity index (χ4v) is 14.1. The molecule has 1 aromatic heterocycles. The van der Waals surface area contributed by atoms with Crippen LogP contribution < -0.4 is 10.2 Å². The van der Waals surface area contributed by atoms with E-state index in [1.54, 1.807) is 6.92 Å². The number of aromatic amines is 1. The lowest BCUT2D eigenvalue weighted by molar-refractivity contribution is -0.228. The molecule has 3 N–H and O–H groups in total. The van der Waals surface area contributed by atoms with Crippen molar-refractivity contribution in [3.63, 3.8) is 0 Å². The van der Waals surface area contributed by atoms with E-state index in [2.05, 4.69) is 101 Å². The highest BCUT2D eigenvalue weighted by Crippen LogP contribution is 2.68. The average Bonchev–Trinajstić information content (AvgIpc) is 3.88. The number of carbonyl (C=O) groups excluding carboxylic acids is 5. The van der Waals surface area contributed by atoms with Crippen molar-refractivity contribution in [2.75, 3.05) is 51.8 Å². The summed E-state index contributed by atoms with van der Waals surface area (Å²) in [5.41, 5.74) is 3.72. The summed E-state index contributed by atoms with van der Waals surface area (Å²) in [5, 5.41) is 18.0. The quantitative estimate of drug-likeness (QED) is 0.233. The summed E-state index contributed by atoms with van der Waals surface area (Å²) in [6.07, 6.45) is 8.12. The number of amides is 1. The van der Waals surface area contributed by atoms with E-state index in [1.807, 2.05) is 7.05 Å². The van der Waals surface area contributed by atoms with Gasteiger partial charge in [-0.05, 0) is 99.2 Å². The highest BCUT2D eigenvalue weighted by Gasteiger charge is 2.80. The largest absolute Gasteiger partial charge is 0.467 e. The number of rotatable bonds is 6. The van der Waals surface area contributed by atoms with Gasteiger partial charge in [-0.3, -0.25) is 14.5 Å². The van der Waals surface area contributed by atoms with Crippen LogP contribution in [0.3, 0.4) is 0 Å². The first-order valence-electron chi connectivity index (χ1n) is 21.9. The molecule has 1 amide bonds. The molecule has 3 aromatic rings. The number of carbonyl (C=O) groups is 3. The fourth-order valence-electron chi connectivity index (χ4n) is 14.1. The minimum absolute atomic E-state index is 0.0188. The molecule has 9 rings (SSSR count). The van der Waals surface area contributed by atoms with Gasteiger partial charge in [0, 0.05) is 91.6 Å². The van der Waals surface area contributed by atoms with Crippen LogP contribution in [-0.4, -0.2) is 120 Å². The number of esters is 2. The third kappa shape index (κ3) is 6.08. The average molecular weight is 836 g/mol. The molecule has 13 nitrogen and oxygen atoms in total. The molecule has 2 bridgehead atoms. The van der Waals surface area contributed by atoms with Crippen LogP contribution >= 0.6 is 0 Å². The van der Waals surface area contributed by atoms with Gasteiger partial charge in [-0.2, -0.15) is 9.59 Å². The maximum Gasteiger partial charge on any atom is 0.373 e. The van der Waals surface area contributed by atoms with E-state index >= 15 is 0 Å². The van der Waals surface area contributed by atoms with Crippen molar-refractivity contribution in [1.29, 1.82) is 0 Å². The van der Waals surface area contributed by atoms with Crippen molar-refractivity contribution in [1.82, 2.24) is 20.1 Å². The normalized spacial score (nSPS) is 35.8. The zero-order chi connectivity index (χ0) is 43.9. The Balaban J connectivity index is 0.00000166. The Labute approximate surface area is 358 Å². The SMILES string of the molecule is CCC1(NC(C)=O)C[C@H]2CN(CCc3c([nH]c4ccccc34)[C@@](C)(c3cc4c(cc3C)N(C)[C@H]3[C@@](O)(C(=O)OC)[C@H](OC(C)=O)[C@]5(CC)C=CCN6CC[C@]43[C@@H]65)C2)C1.O=C=O. The Kier molecular flexibility index (Phi) is 10.7. The zero-order valence-corrected chi connectivity index (χ0v) is 36.9. The predicted molar refractivity (Wildman–Crippen MR) is 229 cm³/mol. The van der Waals surface area contributed by atoms with Crippen molar-refractivity contribution in [3.8, 4) is 0 Å². The Morgan fingerprint density at radius 2 is 1.77 bits per heavy atom. The van der Waals surface area contributed by atoms with E-state index in [0.29, 0.717) is 12.3 Å². The molecule has 0 radical (unpaired) electrons. The number of H-pyrrole nitrogens is 1. The van der Waals surface area contributed by atoms with Gasteiger partial charge in [-0.1, -0.05) is 50.3 Å².